The summed E-state index contributed by atoms with van der Waals surface area (Å²) in [6, 6.07) is 9.93. The van der Waals surface area contributed by atoms with E-state index in [1.807, 2.05) is 32.0 Å². The van der Waals surface area contributed by atoms with Crippen molar-refractivity contribution in [1.82, 2.24) is 4.98 Å². The van der Waals surface area contributed by atoms with E-state index in [1.54, 1.807) is 0 Å². The van der Waals surface area contributed by atoms with Gasteiger partial charge in [0.05, 0.1) is 12.3 Å². The van der Waals surface area contributed by atoms with Crippen LogP contribution in [0.4, 0.5) is 10.1 Å². The Morgan fingerprint density at radius 1 is 1.13 bits per heavy atom. The van der Waals surface area contributed by atoms with Gasteiger partial charge in [0.1, 0.15) is 0 Å². The number of nitrogens with zero attached hydrogens (tertiary/aromatic N) is 2. The Morgan fingerprint density at radius 2 is 1.80 bits per heavy atom. The molecule has 0 saturated carbocycles. The number of anilines is 1. The summed E-state index contributed by atoms with van der Waals surface area (Å²) in [7, 11) is -1.92. The summed E-state index contributed by atoms with van der Waals surface area (Å²) in [6.45, 7) is 16.9. The molecule has 0 fully saturated rings. The van der Waals surface area contributed by atoms with Crippen LogP contribution in [-0.2, 0) is 11.0 Å². The van der Waals surface area contributed by atoms with Crippen LogP contribution in [-0.4, -0.2) is 26.4 Å². The van der Waals surface area contributed by atoms with Crippen molar-refractivity contribution in [3.8, 4) is 0 Å². The van der Waals surface area contributed by atoms with Crippen LogP contribution < -0.4 is 4.90 Å². The molecule has 0 N–H and O–H groups in total. The standard InChI is InChI=1S/C25H35FN2OSi/c1-18-15-22(16-19(2)27-18)20-11-13-28(14-12-20)23-10-8-9-21(24(23)26)17-29-30(6,7)25(3,4)5/h8-11,15-16H,12-14,17H2,1-7H3. The second-order valence-corrected chi connectivity index (χ2v) is 14.7. The van der Waals surface area contributed by atoms with Gasteiger partial charge in [-0.15, -0.1) is 0 Å². The average Bonchev–Trinajstić information content (AvgIpc) is 2.66. The number of halogens is 1. The summed E-state index contributed by atoms with van der Waals surface area (Å²) in [5.41, 5.74) is 5.94. The second-order valence-electron chi connectivity index (χ2n) is 9.86. The number of aryl methyl sites for hydroxylation is 2. The van der Waals surface area contributed by atoms with E-state index in [0.29, 0.717) is 24.4 Å². The van der Waals surface area contributed by atoms with Gasteiger partial charge < -0.3 is 9.33 Å². The maximum absolute atomic E-state index is 15.3. The molecule has 0 saturated heterocycles. The molecule has 1 aromatic heterocycles. The number of pyridine rings is 1. The third-order valence-corrected chi connectivity index (χ3v) is 10.9. The number of rotatable bonds is 5. The first-order chi connectivity index (χ1) is 14.0. The molecule has 30 heavy (non-hydrogen) atoms. The molecule has 162 valence electrons. The third kappa shape index (κ3) is 5.01. The van der Waals surface area contributed by atoms with Crippen molar-refractivity contribution in [2.45, 2.75) is 65.8 Å². The van der Waals surface area contributed by atoms with Crippen LogP contribution in [0.2, 0.25) is 18.1 Å². The molecule has 0 amide bonds. The fraction of sp³-hybridized carbons (Fsp3) is 0.480. The molecule has 0 bridgehead atoms. The van der Waals surface area contributed by atoms with Gasteiger partial charge in [0.15, 0.2) is 14.1 Å². The Kier molecular flexibility index (Phi) is 6.53. The lowest BCUT2D eigenvalue weighted by atomic mass is 9.98. The molecule has 0 unspecified atom stereocenters. The molecule has 0 aliphatic carbocycles. The van der Waals surface area contributed by atoms with Crippen LogP contribution in [0.3, 0.4) is 0 Å². The van der Waals surface area contributed by atoms with E-state index in [0.717, 1.165) is 24.4 Å². The minimum atomic E-state index is -1.92. The highest BCUT2D eigenvalue weighted by Crippen LogP contribution is 2.37. The number of hydrogen-bond donors (Lipinski definition) is 0. The van der Waals surface area contributed by atoms with Gasteiger partial charge >= 0.3 is 0 Å². The van der Waals surface area contributed by atoms with E-state index in [9.17, 15) is 0 Å². The monoisotopic (exact) mass is 426 g/mol. The Morgan fingerprint density at radius 3 is 2.37 bits per heavy atom. The summed E-state index contributed by atoms with van der Waals surface area (Å²) in [5, 5.41) is 0.110. The highest BCUT2D eigenvalue weighted by Gasteiger charge is 2.37. The fourth-order valence-electron chi connectivity index (χ4n) is 3.57. The van der Waals surface area contributed by atoms with E-state index in [-0.39, 0.29) is 10.9 Å². The second kappa shape index (κ2) is 8.64. The first-order valence-electron chi connectivity index (χ1n) is 10.8. The average molecular weight is 427 g/mol. The van der Waals surface area contributed by atoms with Crippen LogP contribution in [0.1, 0.15) is 49.7 Å². The molecule has 0 atom stereocenters. The summed E-state index contributed by atoms with van der Waals surface area (Å²) < 4.78 is 21.6. The van der Waals surface area contributed by atoms with E-state index in [2.05, 4.69) is 62.0 Å². The maximum atomic E-state index is 15.3. The van der Waals surface area contributed by atoms with Gasteiger partial charge in [-0.2, -0.15) is 0 Å². The van der Waals surface area contributed by atoms with Crippen LogP contribution in [0.5, 0.6) is 0 Å². The van der Waals surface area contributed by atoms with Gasteiger partial charge in [0.2, 0.25) is 0 Å². The molecule has 2 heterocycles. The molecule has 0 radical (unpaired) electrons. The molecule has 3 rings (SSSR count). The topological polar surface area (TPSA) is 25.4 Å². The van der Waals surface area contributed by atoms with E-state index < -0.39 is 8.32 Å². The molecule has 3 nitrogen and oxygen atoms in total. The van der Waals surface area contributed by atoms with Gasteiger partial charge in [-0.25, -0.2) is 4.39 Å². The molecule has 5 heteroatoms. The highest BCUT2D eigenvalue weighted by atomic mass is 28.4. The SMILES string of the molecule is Cc1cc(C2=CCN(c3cccc(CO[Si](C)(C)C(C)(C)C)c3F)CC2)cc(C)n1. The zero-order chi connectivity index (χ0) is 22.1. The largest absolute Gasteiger partial charge is 0.412 e. The van der Waals surface area contributed by atoms with E-state index in [1.165, 1.54) is 11.1 Å². The van der Waals surface area contributed by atoms with Crippen molar-refractivity contribution in [3.05, 3.63) is 64.7 Å². The zero-order valence-electron chi connectivity index (χ0n) is 19.5. The van der Waals surface area contributed by atoms with Crippen molar-refractivity contribution < 1.29 is 8.82 Å². The summed E-state index contributed by atoms with van der Waals surface area (Å²) in [5.74, 6) is -0.149. The minimum Gasteiger partial charge on any atom is -0.412 e. The Labute approximate surface area is 182 Å². The lowest BCUT2D eigenvalue weighted by Gasteiger charge is -2.36. The minimum absolute atomic E-state index is 0.110. The number of hydrogen-bond acceptors (Lipinski definition) is 3. The molecule has 1 aliphatic rings. The normalized spacial score (nSPS) is 15.3. The lowest BCUT2D eigenvalue weighted by Crippen LogP contribution is -2.40. The summed E-state index contributed by atoms with van der Waals surface area (Å²) in [6.07, 6.45) is 3.11. The molecular formula is C25H35FN2OSi. The van der Waals surface area contributed by atoms with Crippen molar-refractivity contribution in [1.29, 1.82) is 0 Å². The third-order valence-electron chi connectivity index (χ3n) is 6.46. The van der Waals surface area contributed by atoms with Crippen molar-refractivity contribution in [3.63, 3.8) is 0 Å². The smallest absolute Gasteiger partial charge is 0.192 e. The molecule has 1 aliphatic heterocycles. The Balaban J connectivity index is 1.75. The highest BCUT2D eigenvalue weighted by molar-refractivity contribution is 6.74. The van der Waals surface area contributed by atoms with Gasteiger partial charge in [-0.1, -0.05) is 39.0 Å². The number of aromatic nitrogens is 1. The van der Waals surface area contributed by atoms with Gasteiger partial charge in [0.25, 0.3) is 0 Å². The van der Waals surface area contributed by atoms with Crippen molar-refractivity contribution in [2.75, 3.05) is 18.0 Å². The zero-order valence-corrected chi connectivity index (χ0v) is 20.5. The van der Waals surface area contributed by atoms with Crippen LogP contribution in [0.25, 0.3) is 5.57 Å². The van der Waals surface area contributed by atoms with E-state index >= 15 is 4.39 Å². The van der Waals surface area contributed by atoms with Crippen molar-refractivity contribution in [2.24, 2.45) is 0 Å². The first-order valence-corrected chi connectivity index (χ1v) is 13.7. The first kappa shape index (κ1) is 22.7. The molecule has 0 spiro atoms. The fourth-order valence-corrected chi connectivity index (χ4v) is 4.52. The quantitative estimate of drug-likeness (QED) is 0.500. The predicted octanol–water partition coefficient (Wildman–Crippen LogP) is 6.65. The van der Waals surface area contributed by atoms with Crippen LogP contribution in [0.15, 0.2) is 36.4 Å². The van der Waals surface area contributed by atoms with Crippen molar-refractivity contribution >= 4 is 19.6 Å². The van der Waals surface area contributed by atoms with Gasteiger partial charge in [-0.3, -0.25) is 4.98 Å². The van der Waals surface area contributed by atoms with Gasteiger partial charge in [-0.05, 0) is 67.7 Å². The van der Waals surface area contributed by atoms with E-state index in [4.69, 9.17) is 4.43 Å². The van der Waals surface area contributed by atoms with Gasteiger partial charge in [0, 0.05) is 30.0 Å². The molecule has 1 aromatic carbocycles. The summed E-state index contributed by atoms with van der Waals surface area (Å²) in [4.78, 5) is 6.59. The lowest BCUT2D eigenvalue weighted by molar-refractivity contribution is 0.271. The van der Waals surface area contributed by atoms with Crippen LogP contribution >= 0.6 is 0 Å². The summed E-state index contributed by atoms with van der Waals surface area (Å²) >= 11 is 0. The molecular weight excluding hydrogens is 391 g/mol. The molecule has 2 aromatic rings. The van der Waals surface area contributed by atoms with Crippen LogP contribution in [0, 0.1) is 19.7 Å². The maximum Gasteiger partial charge on any atom is 0.192 e. The Hall–Kier alpha value is -1.98. The Bertz CT molecular complexity index is 926. The number of benzene rings is 1. The predicted molar refractivity (Wildman–Crippen MR) is 127 cm³/mol.